The molecule has 8 heteroatoms. The van der Waals surface area contributed by atoms with Crippen LogP contribution in [0.25, 0.3) is 0 Å². The predicted molar refractivity (Wildman–Crippen MR) is 101 cm³/mol. The molecule has 1 aliphatic rings. The summed E-state index contributed by atoms with van der Waals surface area (Å²) in [5.74, 6) is -1.12. The quantitative estimate of drug-likeness (QED) is 0.665. The van der Waals surface area contributed by atoms with E-state index < -0.39 is 17.9 Å². The molecule has 1 unspecified atom stereocenters. The average molecular weight is 415 g/mol. The zero-order valence-electron chi connectivity index (χ0n) is 14.4. The van der Waals surface area contributed by atoms with Gasteiger partial charge in [0.1, 0.15) is 11.6 Å². The number of ether oxygens (including phenoxy) is 1. The first-order chi connectivity index (χ1) is 13.0. The molecule has 0 saturated carbocycles. The Balaban J connectivity index is 1.58. The van der Waals surface area contributed by atoms with Gasteiger partial charge in [-0.1, -0.05) is 23.2 Å². The molecule has 0 radical (unpaired) electrons. The van der Waals surface area contributed by atoms with Crippen molar-refractivity contribution in [3.63, 3.8) is 0 Å². The van der Waals surface area contributed by atoms with Crippen LogP contribution in [0.15, 0.2) is 36.4 Å². The molecule has 0 N–H and O–H groups in total. The Hall–Kier alpha value is -1.73. The maximum Gasteiger partial charge on any atom is 0.167 e. The van der Waals surface area contributed by atoms with Gasteiger partial charge in [-0.3, -0.25) is 9.69 Å². The first kappa shape index (κ1) is 20.0. The molecule has 0 aliphatic carbocycles. The average Bonchev–Trinajstić information content (AvgIpc) is 2.65. The highest BCUT2D eigenvalue weighted by atomic mass is 35.5. The van der Waals surface area contributed by atoms with Gasteiger partial charge in [0.25, 0.3) is 0 Å². The molecular weight excluding hydrogens is 397 g/mol. The Labute approximate surface area is 166 Å². The summed E-state index contributed by atoms with van der Waals surface area (Å²) in [6.07, 6.45) is -0.155. The first-order valence-corrected chi connectivity index (χ1v) is 9.18. The van der Waals surface area contributed by atoms with Crippen LogP contribution in [0.3, 0.4) is 0 Å². The van der Waals surface area contributed by atoms with E-state index in [9.17, 15) is 13.6 Å². The highest BCUT2D eigenvalue weighted by Gasteiger charge is 2.25. The van der Waals surface area contributed by atoms with E-state index in [1.807, 2.05) is 11.0 Å². The Bertz CT molecular complexity index is 814. The van der Waals surface area contributed by atoms with Crippen LogP contribution in [-0.4, -0.2) is 43.6 Å². The number of carbonyl (C=O) groups is 1. The molecule has 0 bridgehead atoms. The van der Waals surface area contributed by atoms with Gasteiger partial charge < -0.3 is 9.64 Å². The molecule has 1 saturated heterocycles. The molecule has 0 spiro atoms. The van der Waals surface area contributed by atoms with Crippen molar-refractivity contribution >= 4 is 35.2 Å². The van der Waals surface area contributed by atoms with Gasteiger partial charge in [0.05, 0.1) is 17.3 Å². The van der Waals surface area contributed by atoms with Gasteiger partial charge >= 0.3 is 0 Å². The second kappa shape index (κ2) is 8.97. The Kier molecular flexibility index (Phi) is 6.65. The van der Waals surface area contributed by atoms with Gasteiger partial charge in [0.2, 0.25) is 0 Å². The van der Waals surface area contributed by atoms with Crippen molar-refractivity contribution < 1.29 is 18.3 Å². The Morgan fingerprint density at radius 1 is 1.07 bits per heavy atom. The zero-order chi connectivity index (χ0) is 19.4. The summed E-state index contributed by atoms with van der Waals surface area (Å²) in [4.78, 5) is 15.4. The summed E-state index contributed by atoms with van der Waals surface area (Å²) >= 11 is 12.2. The number of anilines is 1. The van der Waals surface area contributed by atoms with E-state index in [0.29, 0.717) is 42.5 Å². The molecule has 1 fully saturated rings. The normalized spacial score (nSPS) is 16.4. The fraction of sp³-hybridized carbons (Fsp3) is 0.316. The summed E-state index contributed by atoms with van der Waals surface area (Å²) in [6, 6.07) is 8.48. The zero-order valence-corrected chi connectivity index (χ0v) is 15.9. The summed E-state index contributed by atoms with van der Waals surface area (Å²) in [7, 11) is 0. The lowest BCUT2D eigenvalue weighted by Gasteiger charge is -2.38. The standard InChI is InChI=1S/C19H18Cl2F2N2O2/c20-14-1-4-18(16(21)10-14)24-5-7-25(8-6-24)19(11-26)27-12-13-9-15(22)2-3-17(13)23/h1-4,9-11,19H,5-8,12H2. The molecular formula is C19H18Cl2F2N2O2. The highest BCUT2D eigenvalue weighted by molar-refractivity contribution is 6.36. The van der Waals surface area contributed by atoms with Crippen LogP contribution in [0.4, 0.5) is 14.5 Å². The van der Waals surface area contributed by atoms with Gasteiger partial charge in [0, 0.05) is 36.8 Å². The molecule has 1 heterocycles. The number of halogens is 4. The number of rotatable bonds is 6. The minimum atomic E-state index is -0.824. The van der Waals surface area contributed by atoms with Crippen LogP contribution < -0.4 is 4.90 Å². The highest BCUT2D eigenvalue weighted by Crippen LogP contribution is 2.29. The van der Waals surface area contributed by atoms with Crippen molar-refractivity contribution in [2.75, 3.05) is 31.1 Å². The van der Waals surface area contributed by atoms with Gasteiger partial charge in [-0.2, -0.15) is 0 Å². The van der Waals surface area contributed by atoms with E-state index in [-0.39, 0.29) is 12.2 Å². The summed E-state index contributed by atoms with van der Waals surface area (Å²) < 4.78 is 32.5. The Morgan fingerprint density at radius 2 is 1.81 bits per heavy atom. The molecule has 0 amide bonds. The van der Waals surface area contributed by atoms with E-state index in [0.717, 1.165) is 23.9 Å². The minimum absolute atomic E-state index is 0.0773. The van der Waals surface area contributed by atoms with Gasteiger partial charge in [-0.25, -0.2) is 8.78 Å². The second-order valence-corrected chi connectivity index (χ2v) is 7.04. The van der Waals surface area contributed by atoms with Crippen molar-refractivity contribution in [2.45, 2.75) is 12.8 Å². The SMILES string of the molecule is O=CC(OCc1cc(F)ccc1F)N1CCN(c2ccc(Cl)cc2Cl)CC1. The maximum absolute atomic E-state index is 13.7. The molecule has 2 aromatic carbocycles. The lowest BCUT2D eigenvalue weighted by atomic mass is 10.2. The van der Waals surface area contributed by atoms with Crippen LogP contribution in [0.2, 0.25) is 10.0 Å². The number of nitrogens with zero attached hydrogens (tertiary/aromatic N) is 2. The fourth-order valence-electron chi connectivity index (χ4n) is 3.01. The summed E-state index contributed by atoms with van der Waals surface area (Å²) in [5, 5.41) is 1.14. The van der Waals surface area contributed by atoms with Gasteiger partial charge in [-0.15, -0.1) is 0 Å². The van der Waals surface area contributed by atoms with Gasteiger partial charge in [-0.05, 0) is 36.4 Å². The van der Waals surface area contributed by atoms with E-state index in [4.69, 9.17) is 27.9 Å². The molecule has 2 aromatic rings. The monoisotopic (exact) mass is 414 g/mol. The lowest BCUT2D eigenvalue weighted by molar-refractivity contribution is -0.133. The first-order valence-electron chi connectivity index (χ1n) is 8.43. The smallest absolute Gasteiger partial charge is 0.167 e. The van der Waals surface area contributed by atoms with Crippen LogP contribution in [-0.2, 0) is 16.1 Å². The van der Waals surface area contributed by atoms with Gasteiger partial charge in [0.15, 0.2) is 12.5 Å². The second-order valence-electron chi connectivity index (χ2n) is 6.19. The lowest BCUT2D eigenvalue weighted by Crippen LogP contribution is -2.51. The number of carbonyl (C=O) groups excluding carboxylic acids is 1. The third-order valence-electron chi connectivity index (χ3n) is 4.46. The topological polar surface area (TPSA) is 32.8 Å². The third kappa shape index (κ3) is 4.96. The summed E-state index contributed by atoms with van der Waals surface area (Å²) in [5.41, 5.74) is 0.958. The molecule has 4 nitrogen and oxygen atoms in total. The van der Waals surface area contributed by atoms with E-state index in [1.54, 1.807) is 12.1 Å². The third-order valence-corrected chi connectivity index (χ3v) is 5.00. The van der Waals surface area contributed by atoms with Crippen molar-refractivity contribution in [1.29, 1.82) is 0 Å². The van der Waals surface area contributed by atoms with Crippen LogP contribution in [0.5, 0.6) is 0 Å². The molecule has 3 rings (SSSR count). The van der Waals surface area contributed by atoms with Crippen molar-refractivity contribution in [2.24, 2.45) is 0 Å². The Morgan fingerprint density at radius 3 is 2.48 bits per heavy atom. The minimum Gasteiger partial charge on any atom is -0.368 e. The van der Waals surface area contributed by atoms with Crippen molar-refractivity contribution in [1.82, 2.24) is 4.90 Å². The molecule has 1 atom stereocenters. The number of piperazine rings is 1. The van der Waals surface area contributed by atoms with Crippen LogP contribution in [0, 0.1) is 11.6 Å². The van der Waals surface area contributed by atoms with Crippen molar-refractivity contribution in [3.05, 3.63) is 63.6 Å². The summed E-state index contributed by atoms with van der Waals surface area (Å²) in [6.45, 7) is 2.23. The number of aldehydes is 1. The molecule has 0 aromatic heterocycles. The van der Waals surface area contributed by atoms with E-state index in [1.165, 1.54) is 0 Å². The van der Waals surface area contributed by atoms with Crippen LogP contribution in [0.1, 0.15) is 5.56 Å². The maximum atomic E-state index is 13.7. The molecule has 27 heavy (non-hydrogen) atoms. The predicted octanol–water partition coefficient (Wildman–Crippen LogP) is 4.14. The largest absolute Gasteiger partial charge is 0.368 e. The number of hydrogen-bond donors (Lipinski definition) is 0. The number of benzene rings is 2. The fourth-order valence-corrected chi connectivity index (χ4v) is 3.54. The van der Waals surface area contributed by atoms with E-state index in [2.05, 4.69) is 4.90 Å². The van der Waals surface area contributed by atoms with E-state index >= 15 is 0 Å². The number of hydrogen-bond acceptors (Lipinski definition) is 4. The molecule has 144 valence electrons. The van der Waals surface area contributed by atoms with Crippen molar-refractivity contribution in [3.8, 4) is 0 Å². The van der Waals surface area contributed by atoms with Crippen LogP contribution >= 0.6 is 23.2 Å². The molecule has 1 aliphatic heterocycles.